The molecule has 0 aromatic heterocycles. The maximum absolute atomic E-state index is 13.5. The van der Waals surface area contributed by atoms with E-state index in [2.05, 4.69) is 5.32 Å². The van der Waals surface area contributed by atoms with Gasteiger partial charge in [0.25, 0.3) is 11.8 Å². The van der Waals surface area contributed by atoms with E-state index in [4.69, 9.17) is 4.74 Å². The second kappa shape index (κ2) is 8.31. The standard InChI is InChI=1S/C21H20F2N2O3/c1-13(2)28-11-10-25-20(26)18(14-6-8-15(22)9-7-14)19(21(25)27)24-17-5-3-4-16(23)12-17/h3-9,12-13,24H,10-11H2,1-2H3. The van der Waals surface area contributed by atoms with Crippen molar-refractivity contribution in [3.8, 4) is 0 Å². The van der Waals surface area contributed by atoms with Gasteiger partial charge in [-0.25, -0.2) is 8.78 Å². The summed E-state index contributed by atoms with van der Waals surface area (Å²) in [5.74, 6) is -1.99. The molecule has 0 saturated heterocycles. The van der Waals surface area contributed by atoms with E-state index >= 15 is 0 Å². The molecule has 28 heavy (non-hydrogen) atoms. The molecule has 1 heterocycles. The van der Waals surface area contributed by atoms with Crippen LogP contribution in [0.15, 0.2) is 54.2 Å². The largest absolute Gasteiger partial charge is 0.377 e. The van der Waals surface area contributed by atoms with Gasteiger partial charge in [-0.15, -0.1) is 0 Å². The lowest BCUT2D eigenvalue weighted by molar-refractivity contribution is -0.137. The highest BCUT2D eigenvalue weighted by Gasteiger charge is 2.39. The van der Waals surface area contributed by atoms with Gasteiger partial charge in [-0.2, -0.15) is 0 Å². The predicted octanol–water partition coefficient (Wildman–Crippen LogP) is 3.58. The Balaban J connectivity index is 1.96. The fourth-order valence-electron chi connectivity index (χ4n) is 2.87. The zero-order valence-electron chi connectivity index (χ0n) is 15.5. The molecule has 0 bridgehead atoms. The second-order valence-corrected chi connectivity index (χ2v) is 6.57. The van der Waals surface area contributed by atoms with Crippen LogP contribution in [0.4, 0.5) is 14.5 Å². The van der Waals surface area contributed by atoms with Crippen molar-refractivity contribution in [2.75, 3.05) is 18.5 Å². The van der Waals surface area contributed by atoms with E-state index < -0.39 is 23.4 Å². The van der Waals surface area contributed by atoms with Gasteiger partial charge in [0.2, 0.25) is 0 Å². The summed E-state index contributed by atoms with van der Waals surface area (Å²) >= 11 is 0. The first-order valence-electron chi connectivity index (χ1n) is 8.87. The van der Waals surface area contributed by atoms with Gasteiger partial charge in [0, 0.05) is 5.69 Å². The quantitative estimate of drug-likeness (QED) is 0.739. The number of rotatable bonds is 7. The van der Waals surface area contributed by atoms with Crippen molar-refractivity contribution >= 4 is 23.1 Å². The molecule has 1 N–H and O–H groups in total. The molecule has 1 aliphatic heterocycles. The highest BCUT2D eigenvalue weighted by atomic mass is 19.1. The van der Waals surface area contributed by atoms with Crippen molar-refractivity contribution in [1.82, 2.24) is 4.90 Å². The Labute approximate surface area is 161 Å². The SMILES string of the molecule is CC(C)OCCN1C(=O)C(Nc2cccc(F)c2)=C(c2ccc(F)cc2)C1=O. The van der Waals surface area contributed by atoms with Crippen LogP contribution in [-0.4, -0.2) is 36.0 Å². The van der Waals surface area contributed by atoms with Crippen molar-refractivity contribution in [3.05, 3.63) is 71.4 Å². The molecular weight excluding hydrogens is 366 g/mol. The minimum Gasteiger partial charge on any atom is -0.377 e. The summed E-state index contributed by atoms with van der Waals surface area (Å²) < 4.78 is 32.3. The Morgan fingerprint density at radius 1 is 1.00 bits per heavy atom. The van der Waals surface area contributed by atoms with Crippen molar-refractivity contribution in [1.29, 1.82) is 0 Å². The number of ether oxygens (including phenoxy) is 1. The van der Waals surface area contributed by atoms with Crippen molar-refractivity contribution in [2.24, 2.45) is 0 Å². The molecule has 0 spiro atoms. The normalized spacial score (nSPS) is 14.4. The number of imide groups is 1. The summed E-state index contributed by atoms with van der Waals surface area (Å²) in [6.07, 6.45) is -0.0396. The van der Waals surface area contributed by atoms with Gasteiger partial charge in [-0.05, 0) is 49.7 Å². The van der Waals surface area contributed by atoms with Crippen molar-refractivity contribution in [2.45, 2.75) is 20.0 Å². The molecular formula is C21H20F2N2O3. The molecule has 146 valence electrons. The average molecular weight is 386 g/mol. The first-order valence-corrected chi connectivity index (χ1v) is 8.87. The predicted molar refractivity (Wildman–Crippen MR) is 101 cm³/mol. The number of hydrogen-bond acceptors (Lipinski definition) is 4. The smallest absolute Gasteiger partial charge is 0.278 e. The summed E-state index contributed by atoms with van der Waals surface area (Å²) in [5.41, 5.74) is 0.854. The number of carbonyl (C=O) groups excluding carboxylic acids is 2. The van der Waals surface area contributed by atoms with E-state index in [1.807, 2.05) is 13.8 Å². The molecule has 0 saturated carbocycles. The van der Waals surface area contributed by atoms with Gasteiger partial charge in [-0.1, -0.05) is 18.2 Å². The minimum absolute atomic E-state index is 0.0201. The lowest BCUT2D eigenvalue weighted by Gasteiger charge is -2.16. The van der Waals surface area contributed by atoms with Gasteiger partial charge in [0.1, 0.15) is 17.3 Å². The van der Waals surface area contributed by atoms with Crippen molar-refractivity contribution in [3.63, 3.8) is 0 Å². The van der Waals surface area contributed by atoms with Crippen LogP contribution in [0.3, 0.4) is 0 Å². The van der Waals surface area contributed by atoms with Crippen LogP contribution in [0, 0.1) is 11.6 Å². The molecule has 2 amide bonds. The Kier molecular flexibility index (Phi) is 5.84. The monoisotopic (exact) mass is 386 g/mol. The Morgan fingerprint density at radius 3 is 2.36 bits per heavy atom. The third-order valence-corrected chi connectivity index (χ3v) is 4.16. The lowest BCUT2D eigenvalue weighted by atomic mass is 10.0. The molecule has 5 nitrogen and oxygen atoms in total. The number of halogens is 2. The van der Waals surface area contributed by atoms with Crippen LogP contribution < -0.4 is 5.32 Å². The topological polar surface area (TPSA) is 58.6 Å². The fraction of sp³-hybridized carbons (Fsp3) is 0.238. The minimum atomic E-state index is -0.541. The maximum Gasteiger partial charge on any atom is 0.278 e. The third kappa shape index (κ3) is 4.26. The Bertz CT molecular complexity index is 924. The first-order chi connectivity index (χ1) is 13.4. The molecule has 0 atom stereocenters. The van der Waals surface area contributed by atoms with Gasteiger partial charge >= 0.3 is 0 Å². The second-order valence-electron chi connectivity index (χ2n) is 6.57. The van der Waals surface area contributed by atoms with E-state index in [-0.39, 0.29) is 30.5 Å². The van der Waals surface area contributed by atoms with E-state index in [1.165, 1.54) is 42.5 Å². The number of nitrogens with zero attached hydrogens (tertiary/aromatic N) is 1. The molecule has 0 unspecified atom stereocenters. The maximum atomic E-state index is 13.5. The third-order valence-electron chi connectivity index (χ3n) is 4.16. The number of carbonyl (C=O) groups is 2. The van der Waals surface area contributed by atoms with Gasteiger partial charge in [0.05, 0.1) is 24.8 Å². The summed E-state index contributed by atoms with van der Waals surface area (Å²) in [6.45, 7) is 3.98. The van der Waals surface area contributed by atoms with E-state index in [1.54, 1.807) is 6.07 Å². The molecule has 3 rings (SSSR count). The summed E-state index contributed by atoms with van der Waals surface area (Å²) in [7, 11) is 0. The van der Waals surface area contributed by atoms with Crippen LogP contribution in [0.1, 0.15) is 19.4 Å². The van der Waals surface area contributed by atoms with Crippen molar-refractivity contribution < 1.29 is 23.1 Å². The summed E-state index contributed by atoms with van der Waals surface area (Å²) in [6, 6.07) is 10.9. The zero-order valence-corrected chi connectivity index (χ0v) is 15.5. The number of nitrogens with one attached hydrogen (secondary N) is 1. The highest BCUT2D eigenvalue weighted by Crippen LogP contribution is 2.30. The average Bonchev–Trinajstić information content (AvgIpc) is 2.87. The molecule has 2 aromatic carbocycles. The van der Waals surface area contributed by atoms with Gasteiger partial charge < -0.3 is 10.1 Å². The summed E-state index contributed by atoms with van der Waals surface area (Å²) in [4.78, 5) is 26.9. The zero-order chi connectivity index (χ0) is 20.3. The van der Waals surface area contributed by atoms with Crippen LogP contribution in [0.5, 0.6) is 0 Å². The van der Waals surface area contributed by atoms with E-state index in [9.17, 15) is 18.4 Å². The van der Waals surface area contributed by atoms with Crippen LogP contribution in [0.2, 0.25) is 0 Å². The molecule has 7 heteroatoms. The van der Waals surface area contributed by atoms with Gasteiger partial charge in [-0.3, -0.25) is 14.5 Å². The summed E-state index contributed by atoms with van der Waals surface area (Å²) in [5, 5.41) is 2.85. The Hall–Kier alpha value is -3.06. The molecule has 0 radical (unpaired) electrons. The molecule has 1 aliphatic rings. The van der Waals surface area contributed by atoms with E-state index in [0.717, 1.165) is 4.90 Å². The number of hydrogen-bond donors (Lipinski definition) is 1. The van der Waals surface area contributed by atoms with Crippen LogP contribution >= 0.6 is 0 Å². The van der Waals surface area contributed by atoms with E-state index in [0.29, 0.717) is 11.3 Å². The number of amides is 2. The van der Waals surface area contributed by atoms with Gasteiger partial charge in [0.15, 0.2) is 0 Å². The lowest BCUT2D eigenvalue weighted by Crippen LogP contribution is -2.35. The van der Waals surface area contributed by atoms with Crippen LogP contribution in [-0.2, 0) is 14.3 Å². The fourth-order valence-corrected chi connectivity index (χ4v) is 2.87. The Morgan fingerprint density at radius 2 is 1.71 bits per heavy atom. The van der Waals surface area contributed by atoms with Crippen LogP contribution in [0.25, 0.3) is 5.57 Å². The highest BCUT2D eigenvalue weighted by molar-refractivity contribution is 6.36. The molecule has 2 aromatic rings. The number of anilines is 1. The number of benzene rings is 2. The molecule has 0 aliphatic carbocycles. The molecule has 0 fully saturated rings. The first kappa shape index (κ1) is 19.7.